The van der Waals surface area contributed by atoms with Crippen molar-refractivity contribution in [3.63, 3.8) is 0 Å². The van der Waals surface area contributed by atoms with Gasteiger partial charge in [-0.2, -0.15) is 0 Å². The molecule has 0 saturated carbocycles. The van der Waals surface area contributed by atoms with Crippen LogP contribution in [0.3, 0.4) is 0 Å². The molecule has 0 aliphatic rings. The Morgan fingerprint density at radius 1 is 1.19 bits per heavy atom. The molecule has 6 heteroatoms. The molecule has 0 aliphatic carbocycles. The number of benzene rings is 2. The largest absolute Gasteiger partial charge is 0.327 e. The fourth-order valence-electron chi connectivity index (χ4n) is 2.18. The monoisotopic (exact) mass is 308 g/mol. The molecule has 0 saturated heterocycles. The molecular formula is C15H14ClFN2O2. The van der Waals surface area contributed by atoms with Gasteiger partial charge >= 0.3 is 0 Å². The standard InChI is InChI=1S/C15H14ClFN2O2/c16-12-6-5-11(15(9-12)19(20)21)8-13(18)7-10-3-1-2-4-14(10)17/h1-6,9,13H,7-8,18H2. The molecule has 110 valence electrons. The molecule has 0 spiro atoms. The van der Waals surface area contributed by atoms with Crippen molar-refractivity contribution in [1.82, 2.24) is 0 Å². The summed E-state index contributed by atoms with van der Waals surface area (Å²) in [6, 6.07) is 10.4. The number of nitro benzene ring substituents is 1. The summed E-state index contributed by atoms with van der Waals surface area (Å²) < 4.78 is 13.6. The molecule has 2 N–H and O–H groups in total. The Labute approximate surface area is 126 Å². The number of nitro groups is 1. The predicted octanol–water partition coefficient (Wildman–Crippen LogP) is 3.50. The van der Waals surface area contributed by atoms with Crippen LogP contribution in [0.15, 0.2) is 42.5 Å². The second kappa shape index (κ2) is 6.65. The summed E-state index contributed by atoms with van der Waals surface area (Å²) in [4.78, 5) is 10.5. The van der Waals surface area contributed by atoms with Crippen LogP contribution in [0.2, 0.25) is 5.02 Å². The van der Waals surface area contributed by atoms with Gasteiger partial charge in [0, 0.05) is 22.7 Å². The third-order valence-electron chi connectivity index (χ3n) is 3.17. The van der Waals surface area contributed by atoms with Crippen molar-refractivity contribution in [3.05, 3.63) is 74.5 Å². The highest BCUT2D eigenvalue weighted by molar-refractivity contribution is 6.30. The Morgan fingerprint density at radius 3 is 2.52 bits per heavy atom. The van der Waals surface area contributed by atoms with Gasteiger partial charge in [0.1, 0.15) is 5.82 Å². The minimum absolute atomic E-state index is 0.0634. The van der Waals surface area contributed by atoms with Gasteiger partial charge in [0.15, 0.2) is 0 Å². The SMILES string of the molecule is NC(Cc1ccccc1F)Cc1ccc(Cl)cc1[N+](=O)[O-]. The third kappa shape index (κ3) is 4.00. The van der Waals surface area contributed by atoms with Gasteiger partial charge < -0.3 is 5.73 Å². The molecule has 0 radical (unpaired) electrons. The molecule has 0 amide bonds. The summed E-state index contributed by atoms with van der Waals surface area (Å²) in [6.07, 6.45) is 0.592. The van der Waals surface area contributed by atoms with Crippen molar-refractivity contribution in [2.45, 2.75) is 18.9 Å². The highest BCUT2D eigenvalue weighted by atomic mass is 35.5. The lowest BCUT2D eigenvalue weighted by Crippen LogP contribution is -2.26. The van der Waals surface area contributed by atoms with Gasteiger partial charge in [0.25, 0.3) is 5.69 Å². The molecule has 0 bridgehead atoms. The minimum atomic E-state index is -0.489. The van der Waals surface area contributed by atoms with Gasteiger partial charge in [-0.1, -0.05) is 35.9 Å². The van der Waals surface area contributed by atoms with Crippen molar-refractivity contribution >= 4 is 17.3 Å². The van der Waals surface area contributed by atoms with Crippen LogP contribution in [-0.4, -0.2) is 11.0 Å². The number of hydrogen-bond acceptors (Lipinski definition) is 3. The zero-order valence-corrected chi connectivity index (χ0v) is 11.9. The van der Waals surface area contributed by atoms with Crippen LogP contribution in [0.1, 0.15) is 11.1 Å². The van der Waals surface area contributed by atoms with Crippen LogP contribution in [0.5, 0.6) is 0 Å². The molecule has 2 rings (SSSR count). The zero-order valence-electron chi connectivity index (χ0n) is 11.1. The predicted molar refractivity (Wildman–Crippen MR) is 79.9 cm³/mol. The Hall–Kier alpha value is -1.98. The molecular weight excluding hydrogens is 295 g/mol. The summed E-state index contributed by atoms with van der Waals surface area (Å²) >= 11 is 5.76. The number of nitrogens with zero attached hydrogens (tertiary/aromatic N) is 1. The van der Waals surface area contributed by atoms with Gasteiger partial charge in [0.2, 0.25) is 0 Å². The lowest BCUT2D eigenvalue weighted by Gasteiger charge is -2.12. The lowest BCUT2D eigenvalue weighted by atomic mass is 9.98. The maximum atomic E-state index is 13.6. The van der Waals surface area contributed by atoms with Gasteiger partial charge in [-0.25, -0.2) is 4.39 Å². The van der Waals surface area contributed by atoms with Gasteiger partial charge in [-0.05, 0) is 30.5 Å². The number of rotatable bonds is 5. The van der Waals surface area contributed by atoms with E-state index in [0.717, 1.165) is 0 Å². The summed E-state index contributed by atoms with van der Waals surface area (Å²) in [6.45, 7) is 0. The molecule has 0 aromatic heterocycles. The highest BCUT2D eigenvalue weighted by Gasteiger charge is 2.17. The number of hydrogen-bond donors (Lipinski definition) is 1. The van der Waals surface area contributed by atoms with Crippen molar-refractivity contribution in [2.75, 3.05) is 0 Å². The quantitative estimate of drug-likeness (QED) is 0.679. The molecule has 2 aromatic rings. The first-order chi connectivity index (χ1) is 9.97. The fraction of sp³-hybridized carbons (Fsp3) is 0.200. The first kappa shape index (κ1) is 15.4. The minimum Gasteiger partial charge on any atom is -0.327 e. The van der Waals surface area contributed by atoms with E-state index in [0.29, 0.717) is 22.6 Å². The van der Waals surface area contributed by atoms with E-state index in [2.05, 4.69) is 0 Å². The fourth-order valence-corrected chi connectivity index (χ4v) is 2.35. The van der Waals surface area contributed by atoms with Crippen LogP contribution in [0.4, 0.5) is 10.1 Å². The molecule has 0 heterocycles. The van der Waals surface area contributed by atoms with Gasteiger partial charge in [-0.15, -0.1) is 0 Å². The topological polar surface area (TPSA) is 69.2 Å². The molecule has 2 aromatic carbocycles. The molecule has 21 heavy (non-hydrogen) atoms. The molecule has 1 unspecified atom stereocenters. The van der Waals surface area contributed by atoms with Crippen molar-refractivity contribution in [2.24, 2.45) is 5.73 Å². The Balaban J connectivity index is 2.15. The van der Waals surface area contributed by atoms with E-state index in [1.165, 1.54) is 12.1 Å². The van der Waals surface area contributed by atoms with E-state index >= 15 is 0 Å². The summed E-state index contributed by atoms with van der Waals surface area (Å²) in [5.74, 6) is -0.321. The van der Waals surface area contributed by atoms with Crippen molar-refractivity contribution in [3.8, 4) is 0 Å². The highest BCUT2D eigenvalue weighted by Crippen LogP contribution is 2.24. The summed E-state index contributed by atoms with van der Waals surface area (Å²) in [5.41, 5.74) is 6.92. The molecule has 0 aliphatic heterocycles. The first-order valence-corrected chi connectivity index (χ1v) is 6.77. The Kier molecular flexibility index (Phi) is 4.88. The van der Waals surface area contributed by atoms with Crippen LogP contribution in [0.25, 0.3) is 0 Å². The van der Waals surface area contributed by atoms with Crippen LogP contribution in [0, 0.1) is 15.9 Å². The summed E-state index contributed by atoms with van der Waals surface area (Å²) in [7, 11) is 0. The lowest BCUT2D eigenvalue weighted by molar-refractivity contribution is -0.385. The van der Waals surface area contributed by atoms with Crippen LogP contribution < -0.4 is 5.73 Å². The van der Waals surface area contributed by atoms with E-state index in [4.69, 9.17) is 17.3 Å². The van der Waals surface area contributed by atoms with E-state index in [1.807, 2.05) is 0 Å². The molecule has 1 atom stereocenters. The second-order valence-electron chi connectivity index (χ2n) is 4.79. The van der Waals surface area contributed by atoms with Gasteiger partial charge in [-0.3, -0.25) is 10.1 Å². The average molecular weight is 309 g/mol. The maximum absolute atomic E-state index is 13.6. The second-order valence-corrected chi connectivity index (χ2v) is 5.23. The van der Waals surface area contributed by atoms with Gasteiger partial charge in [0.05, 0.1) is 4.92 Å². The van der Waals surface area contributed by atoms with E-state index in [9.17, 15) is 14.5 Å². The first-order valence-electron chi connectivity index (χ1n) is 6.39. The summed E-state index contributed by atoms with van der Waals surface area (Å²) in [5, 5.41) is 11.3. The Morgan fingerprint density at radius 2 is 1.86 bits per heavy atom. The maximum Gasteiger partial charge on any atom is 0.274 e. The van der Waals surface area contributed by atoms with Crippen molar-refractivity contribution < 1.29 is 9.31 Å². The normalized spacial score (nSPS) is 12.1. The third-order valence-corrected chi connectivity index (χ3v) is 3.40. The Bertz CT molecular complexity index is 664. The zero-order chi connectivity index (χ0) is 15.4. The van der Waals surface area contributed by atoms with Crippen LogP contribution in [-0.2, 0) is 12.8 Å². The van der Waals surface area contributed by atoms with E-state index < -0.39 is 11.0 Å². The van der Waals surface area contributed by atoms with Crippen molar-refractivity contribution in [1.29, 1.82) is 0 Å². The smallest absolute Gasteiger partial charge is 0.274 e. The number of nitrogens with two attached hydrogens (primary N) is 1. The van der Waals surface area contributed by atoms with Crippen LogP contribution >= 0.6 is 11.6 Å². The molecule has 4 nitrogen and oxygen atoms in total. The average Bonchev–Trinajstić information content (AvgIpc) is 2.43. The van der Waals surface area contributed by atoms with E-state index in [-0.39, 0.29) is 17.9 Å². The molecule has 0 fully saturated rings. The van der Waals surface area contributed by atoms with E-state index in [1.54, 1.807) is 30.3 Å². The number of halogens is 2.